The molecule has 0 radical (unpaired) electrons. The number of rotatable bonds is 7. The third-order valence-electron chi connectivity index (χ3n) is 2.65. The molecular weight excluding hydrogens is 294 g/mol. The number of methoxy groups -OCH3 is 1. The van der Waals surface area contributed by atoms with E-state index in [1.165, 1.54) is 13.2 Å². The Hall–Kier alpha value is -2.30. The maximum absolute atomic E-state index is 11.7. The Morgan fingerprint density at radius 1 is 1.22 bits per heavy atom. The fraction of sp³-hybridized carbons (Fsp3) is 0.444. The number of carbonyl (C=O) groups is 2. The molecule has 0 rings (SSSR count). The van der Waals surface area contributed by atoms with Crippen molar-refractivity contribution in [3.8, 4) is 0 Å². The van der Waals surface area contributed by atoms with Gasteiger partial charge in [0.05, 0.1) is 7.11 Å². The van der Waals surface area contributed by atoms with Gasteiger partial charge in [-0.15, -0.1) is 0 Å². The molecule has 1 N–H and O–H groups in total. The molecule has 5 nitrogen and oxygen atoms in total. The zero-order valence-corrected chi connectivity index (χ0v) is 14.6. The molecule has 0 unspecified atom stereocenters. The van der Waals surface area contributed by atoms with Gasteiger partial charge >= 0.3 is 12.1 Å². The van der Waals surface area contributed by atoms with Crippen molar-refractivity contribution >= 4 is 12.1 Å². The molecule has 0 atom stereocenters. The Labute approximate surface area is 138 Å². The number of hydrogen-bond acceptors (Lipinski definition) is 4. The van der Waals surface area contributed by atoms with Gasteiger partial charge in [-0.25, -0.2) is 9.59 Å². The summed E-state index contributed by atoms with van der Waals surface area (Å²) in [5.41, 5.74) is 1.31. The molecule has 0 aliphatic rings. The van der Waals surface area contributed by atoms with Crippen molar-refractivity contribution in [2.75, 3.05) is 13.7 Å². The van der Waals surface area contributed by atoms with Gasteiger partial charge in [0.15, 0.2) is 0 Å². The van der Waals surface area contributed by atoms with Gasteiger partial charge in [-0.1, -0.05) is 30.9 Å². The second-order valence-electron chi connectivity index (χ2n) is 5.77. The Morgan fingerprint density at radius 3 is 2.35 bits per heavy atom. The van der Waals surface area contributed by atoms with E-state index in [0.29, 0.717) is 13.0 Å². The van der Waals surface area contributed by atoms with Crippen LogP contribution in [0.2, 0.25) is 0 Å². The first-order valence-electron chi connectivity index (χ1n) is 7.41. The van der Waals surface area contributed by atoms with Gasteiger partial charge in [-0.2, -0.15) is 0 Å². The van der Waals surface area contributed by atoms with Gasteiger partial charge in [0.25, 0.3) is 0 Å². The number of hydrogen-bond donors (Lipinski definition) is 1. The summed E-state index contributed by atoms with van der Waals surface area (Å²) in [7, 11) is 1.33. The monoisotopic (exact) mass is 321 g/mol. The molecule has 0 aromatic carbocycles. The highest BCUT2D eigenvalue weighted by Gasteiger charge is 2.15. The molecule has 0 aliphatic heterocycles. The average Bonchev–Trinajstić information content (AvgIpc) is 2.47. The van der Waals surface area contributed by atoms with E-state index in [2.05, 4.69) is 16.6 Å². The van der Waals surface area contributed by atoms with E-state index in [0.717, 1.165) is 11.1 Å². The van der Waals surface area contributed by atoms with Crippen LogP contribution in [0.1, 0.15) is 34.1 Å². The molecule has 0 aliphatic carbocycles. The standard InChI is InChI=1S/C18H27NO4/c1-7-14(10-9-11-16(20)22-6)12-15(8-2)13-19-17(21)23-18(3,4)5/h7-9,11-12H,1,10,13H2,2-6H3,(H,19,21)/b11-9+,14-12+,15-8+. The first-order valence-corrected chi connectivity index (χ1v) is 7.41. The van der Waals surface area contributed by atoms with E-state index in [9.17, 15) is 9.59 Å². The van der Waals surface area contributed by atoms with Crippen molar-refractivity contribution in [2.45, 2.75) is 39.7 Å². The smallest absolute Gasteiger partial charge is 0.407 e. The zero-order chi connectivity index (χ0) is 17.9. The third-order valence-corrected chi connectivity index (χ3v) is 2.65. The summed E-state index contributed by atoms with van der Waals surface area (Å²) in [6.07, 6.45) is 8.66. The lowest BCUT2D eigenvalue weighted by Gasteiger charge is -2.19. The lowest BCUT2D eigenvalue weighted by atomic mass is 10.1. The second kappa shape index (κ2) is 10.4. The molecule has 0 saturated heterocycles. The molecule has 23 heavy (non-hydrogen) atoms. The summed E-state index contributed by atoms with van der Waals surface area (Å²) in [6, 6.07) is 0. The minimum Gasteiger partial charge on any atom is -0.466 e. The van der Waals surface area contributed by atoms with Gasteiger partial charge in [-0.05, 0) is 45.3 Å². The number of alkyl carbamates (subject to hydrolysis) is 1. The van der Waals surface area contributed by atoms with Crippen LogP contribution in [0, 0.1) is 0 Å². The Bertz CT molecular complexity index is 508. The minimum absolute atomic E-state index is 0.351. The summed E-state index contributed by atoms with van der Waals surface area (Å²) >= 11 is 0. The van der Waals surface area contributed by atoms with E-state index < -0.39 is 17.7 Å². The van der Waals surface area contributed by atoms with Crippen LogP contribution in [0.15, 0.2) is 48.1 Å². The summed E-state index contributed by atoms with van der Waals surface area (Å²) in [5.74, 6) is -0.397. The van der Waals surface area contributed by atoms with Gasteiger partial charge in [0, 0.05) is 12.6 Å². The largest absolute Gasteiger partial charge is 0.466 e. The molecule has 0 bridgehead atoms. The number of carbonyl (C=O) groups excluding carboxylic acids is 2. The first-order chi connectivity index (χ1) is 10.7. The molecular formula is C18H27NO4. The number of allylic oxidation sites excluding steroid dienone is 4. The quantitative estimate of drug-likeness (QED) is 0.441. The average molecular weight is 321 g/mol. The third kappa shape index (κ3) is 11.0. The molecule has 1 amide bonds. The van der Waals surface area contributed by atoms with Gasteiger partial charge in [0.2, 0.25) is 0 Å². The molecule has 128 valence electrons. The fourth-order valence-corrected chi connectivity index (χ4v) is 1.52. The first kappa shape index (κ1) is 20.7. The topological polar surface area (TPSA) is 64.6 Å². The molecule has 0 heterocycles. The van der Waals surface area contributed by atoms with E-state index in [-0.39, 0.29) is 0 Å². The summed E-state index contributed by atoms with van der Waals surface area (Å²) in [4.78, 5) is 22.7. The lowest BCUT2D eigenvalue weighted by Crippen LogP contribution is -2.33. The van der Waals surface area contributed by atoms with Crippen LogP contribution in [0.4, 0.5) is 4.79 Å². The molecule has 0 fully saturated rings. The second-order valence-corrected chi connectivity index (χ2v) is 5.77. The number of nitrogens with one attached hydrogen (secondary N) is 1. The molecule has 0 saturated carbocycles. The van der Waals surface area contributed by atoms with E-state index in [1.54, 1.807) is 12.2 Å². The van der Waals surface area contributed by atoms with Crippen molar-refractivity contribution in [1.82, 2.24) is 5.32 Å². The highest BCUT2D eigenvalue weighted by atomic mass is 16.6. The van der Waals surface area contributed by atoms with Crippen molar-refractivity contribution in [1.29, 1.82) is 0 Å². The van der Waals surface area contributed by atoms with Crippen LogP contribution in [0.3, 0.4) is 0 Å². The number of esters is 1. The maximum atomic E-state index is 11.7. The highest BCUT2D eigenvalue weighted by molar-refractivity contribution is 5.81. The number of ether oxygens (including phenoxy) is 2. The van der Waals surface area contributed by atoms with Gasteiger partial charge < -0.3 is 14.8 Å². The van der Waals surface area contributed by atoms with Crippen LogP contribution < -0.4 is 5.32 Å². The Morgan fingerprint density at radius 2 is 1.87 bits per heavy atom. The van der Waals surface area contributed by atoms with Crippen molar-refractivity contribution in [2.24, 2.45) is 0 Å². The molecule has 0 spiro atoms. The van der Waals surface area contributed by atoms with E-state index >= 15 is 0 Å². The van der Waals surface area contributed by atoms with Crippen molar-refractivity contribution < 1.29 is 19.1 Å². The van der Waals surface area contributed by atoms with Crippen molar-refractivity contribution in [3.63, 3.8) is 0 Å². The predicted octanol–water partition coefficient (Wildman–Crippen LogP) is 3.69. The van der Waals surface area contributed by atoms with Crippen LogP contribution in [-0.4, -0.2) is 31.3 Å². The van der Waals surface area contributed by atoms with Gasteiger partial charge in [-0.3, -0.25) is 0 Å². The summed E-state index contributed by atoms with van der Waals surface area (Å²) in [5, 5.41) is 2.70. The van der Waals surface area contributed by atoms with E-state index in [1.807, 2.05) is 39.8 Å². The van der Waals surface area contributed by atoms with Crippen LogP contribution >= 0.6 is 0 Å². The van der Waals surface area contributed by atoms with Gasteiger partial charge in [0.1, 0.15) is 5.60 Å². The normalized spacial score (nSPS) is 12.9. The summed E-state index contributed by atoms with van der Waals surface area (Å²) in [6.45, 7) is 11.4. The molecule has 0 aromatic heterocycles. The van der Waals surface area contributed by atoms with Crippen molar-refractivity contribution in [3.05, 3.63) is 48.1 Å². The van der Waals surface area contributed by atoms with E-state index in [4.69, 9.17) is 4.74 Å². The highest BCUT2D eigenvalue weighted by Crippen LogP contribution is 2.10. The van der Waals surface area contributed by atoms with Crippen LogP contribution in [-0.2, 0) is 14.3 Å². The molecule has 5 heteroatoms. The lowest BCUT2D eigenvalue weighted by molar-refractivity contribution is -0.134. The summed E-state index contributed by atoms with van der Waals surface area (Å²) < 4.78 is 9.72. The predicted molar refractivity (Wildman–Crippen MR) is 92.0 cm³/mol. The Kier molecular flexibility index (Phi) is 9.39. The fourth-order valence-electron chi connectivity index (χ4n) is 1.52. The van der Waals surface area contributed by atoms with Crippen LogP contribution in [0.5, 0.6) is 0 Å². The maximum Gasteiger partial charge on any atom is 0.407 e. The van der Waals surface area contributed by atoms with Crippen LogP contribution in [0.25, 0.3) is 0 Å². The SMILES string of the molecule is C=C/C(=C\C(=C/C)CNC(=O)OC(C)(C)C)C/C=C/C(=O)OC. The minimum atomic E-state index is -0.527. The number of amides is 1. The Balaban J connectivity index is 4.64. The molecule has 0 aromatic rings. The zero-order valence-electron chi connectivity index (χ0n) is 14.6.